The molecule has 0 spiro atoms. The minimum atomic E-state index is -4.56. The standard InChI is InChI=1S/C13H17F3INO2S/c1-10-11(13(14,15)16)6-5-7-12(10)21(19,20)18-9-4-2-3-8-17/h5-7,18H,2-4,8-9H2,1H3. The smallest absolute Gasteiger partial charge is 0.211 e. The normalized spacial score (nSPS) is 12.6. The van der Waals surface area contributed by atoms with Crippen molar-refractivity contribution in [2.24, 2.45) is 0 Å². The molecule has 0 heterocycles. The number of hydrogen-bond acceptors (Lipinski definition) is 2. The van der Waals surface area contributed by atoms with Crippen LogP contribution in [0.4, 0.5) is 13.2 Å². The van der Waals surface area contributed by atoms with Crippen LogP contribution in [0.15, 0.2) is 23.1 Å². The molecule has 0 amide bonds. The van der Waals surface area contributed by atoms with Gasteiger partial charge in [0.15, 0.2) is 0 Å². The number of nitrogens with one attached hydrogen (secondary N) is 1. The first-order valence-corrected chi connectivity index (χ1v) is 9.43. The molecule has 1 aromatic rings. The molecule has 8 heteroatoms. The summed E-state index contributed by atoms with van der Waals surface area (Å²) in [7, 11) is -3.91. The van der Waals surface area contributed by atoms with Crippen molar-refractivity contribution in [3.05, 3.63) is 29.3 Å². The molecule has 3 nitrogen and oxygen atoms in total. The third-order valence-corrected chi connectivity index (χ3v) is 5.35. The Morgan fingerprint density at radius 1 is 1.19 bits per heavy atom. The molecule has 0 unspecified atom stereocenters. The van der Waals surface area contributed by atoms with Gasteiger partial charge in [-0.25, -0.2) is 13.1 Å². The zero-order chi connectivity index (χ0) is 16.1. The van der Waals surface area contributed by atoms with E-state index in [1.807, 2.05) is 0 Å². The van der Waals surface area contributed by atoms with Crippen molar-refractivity contribution in [3.63, 3.8) is 0 Å². The van der Waals surface area contributed by atoms with Crippen molar-refractivity contribution >= 4 is 32.6 Å². The number of alkyl halides is 4. The predicted octanol–water partition coefficient (Wildman–Crippen LogP) is 3.90. The second-order valence-electron chi connectivity index (χ2n) is 4.57. The van der Waals surface area contributed by atoms with Crippen molar-refractivity contribution in [1.29, 1.82) is 0 Å². The molecule has 0 aliphatic rings. The summed E-state index contributed by atoms with van der Waals surface area (Å²) in [6, 6.07) is 3.19. The van der Waals surface area contributed by atoms with E-state index in [1.54, 1.807) is 0 Å². The molecule has 1 N–H and O–H groups in total. The summed E-state index contributed by atoms with van der Waals surface area (Å²) in [5, 5.41) is 0. The van der Waals surface area contributed by atoms with E-state index >= 15 is 0 Å². The Kier molecular flexibility index (Phi) is 6.92. The van der Waals surface area contributed by atoms with Crippen LogP contribution in [0.2, 0.25) is 0 Å². The van der Waals surface area contributed by atoms with Crippen LogP contribution in [0.3, 0.4) is 0 Å². The minimum Gasteiger partial charge on any atom is -0.211 e. The van der Waals surface area contributed by atoms with Crippen molar-refractivity contribution in [1.82, 2.24) is 4.72 Å². The summed E-state index contributed by atoms with van der Waals surface area (Å²) in [5.74, 6) is 0. The molecule has 21 heavy (non-hydrogen) atoms. The van der Waals surface area contributed by atoms with Crippen LogP contribution in [0, 0.1) is 6.92 Å². The third-order valence-electron chi connectivity index (χ3n) is 2.98. The molecule has 0 atom stereocenters. The molecule has 0 aliphatic heterocycles. The lowest BCUT2D eigenvalue weighted by atomic mass is 10.1. The predicted molar refractivity (Wildman–Crippen MR) is 84.1 cm³/mol. The van der Waals surface area contributed by atoms with E-state index in [9.17, 15) is 21.6 Å². The maximum atomic E-state index is 12.8. The third kappa shape index (κ3) is 5.41. The highest BCUT2D eigenvalue weighted by atomic mass is 127. The Morgan fingerprint density at radius 3 is 2.43 bits per heavy atom. The summed E-state index contributed by atoms with van der Waals surface area (Å²) < 4.78 is 65.9. The van der Waals surface area contributed by atoms with Gasteiger partial charge >= 0.3 is 6.18 Å². The number of hydrogen-bond donors (Lipinski definition) is 1. The van der Waals surface area contributed by atoms with Crippen LogP contribution in [0.1, 0.15) is 30.4 Å². The van der Waals surface area contributed by atoms with Gasteiger partial charge in [-0.15, -0.1) is 0 Å². The summed E-state index contributed by atoms with van der Waals surface area (Å²) >= 11 is 2.23. The molecule has 1 aromatic carbocycles. The van der Waals surface area contributed by atoms with Crippen molar-refractivity contribution in [2.45, 2.75) is 37.3 Å². The lowest BCUT2D eigenvalue weighted by molar-refractivity contribution is -0.138. The van der Waals surface area contributed by atoms with E-state index in [0.717, 1.165) is 29.4 Å². The van der Waals surface area contributed by atoms with Crippen molar-refractivity contribution in [3.8, 4) is 0 Å². The van der Waals surface area contributed by atoms with Gasteiger partial charge in [0.05, 0.1) is 10.5 Å². The van der Waals surface area contributed by atoms with Crippen LogP contribution in [-0.4, -0.2) is 19.4 Å². The Hall–Kier alpha value is -0.350. The maximum absolute atomic E-state index is 12.8. The van der Waals surface area contributed by atoms with Gasteiger partial charge in [-0.2, -0.15) is 13.2 Å². The quantitative estimate of drug-likeness (QED) is 0.401. The van der Waals surface area contributed by atoms with Gasteiger partial charge in [-0.3, -0.25) is 0 Å². The van der Waals surface area contributed by atoms with E-state index in [1.165, 1.54) is 13.0 Å². The average molecular weight is 435 g/mol. The van der Waals surface area contributed by atoms with Gasteiger partial charge in [0.1, 0.15) is 0 Å². The van der Waals surface area contributed by atoms with Crippen LogP contribution < -0.4 is 4.72 Å². The molecule has 0 saturated carbocycles. The molecule has 0 bridgehead atoms. The lowest BCUT2D eigenvalue weighted by Crippen LogP contribution is -2.26. The Balaban J connectivity index is 2.89. The van der Waals surface area contributed by atoms with Gasteiger partial charge in [-0.05, 0) is 41.9 Å². The highest BCUT2D eigenvalue weighted by Crippen LogP contribution is 2.34. The molecule has 0 fully saturated rings. The second kappa shape index (κ2) is 7.77. The van der Waals surface area contributed by atoms with E-state index in [4.69, 9.17) is 0 Å². The highest BCUT2D eigenvalue weighted by molar-refractivity contribution is 14.1. The SMILES string of the molecule is Cc1c(C(F)(F)F)cccc1S(=O)(=O)NCCCCCI. The highest BCUT2D eigenvalue weighted by Gasteiger charge is 2.34. The molecule has 0 aliphatic carbocycles. The monoisotopic (exact) mass is 435 g/mol. The van der Waals surface area contributed by atoms with Crippen LogP contribution >= 0.6 is 22.6 Å². The van der Waals surface area contributed by atoms with E-state index in [-0.39, 0.29) is 17.0 Å². The summed E-state index contributed by atoms with van der Waals surface area (Å²) in [6.45, 7) is 1.40. The molecular formula is C13H17F3INO2S. The number of rotatable bonds is 7. The fourth-order valence-corrected chi connectivity index (χ4v) is 3.77. The zero-order valence-corrected chi connectivity index (χ0v) is 14.5. The van der Waals surface area contributed by atoms with E-state index in [2.05, 4.69) is 27.3 Å². The first-order chi connectivity index (χ1) is 9.70. The summed E-state index contributed by atoms with van der Waals surface area (Å²) in [4.78, 5) is -0.314. The number of halogens is 4. The summed E-state index contributed by atoms with van der Waals surface area (Å²) in [5.41, 5.74) is -1.19. The maximum Gasteiger partial charge on any atom is 0.416 e. The molecule has 120 valence electrons. The Bertz CT molecular complexity index is 573. The number of sulfonamides is 1. The first kappa shape index (κ1) is 18.7. The fraction of sp³-hybridized carbons (Fsp3) is 0.538. The Morgan fingerprint density at radius 2 is 1.86 bits per heavy atom. The number of unbranched alkanes of at least 4 members (excludes halogenated alkanes) is 2. The average Bonchev–Trinajstić information content (AvgIpc) is 2.37. The van der Waals surface area contributed by atoms with Gasteiger partial charge in [0.25, 0.3) is 0 Å². The Labute approximate surface area is 136 Å². The lowest BCUT2D eigenvalue weighted by Gasteiger charge is -2.14. The zero-order valence-electron chi connectivity index (χ0n) is 11.5. The first-order valence-electron chi connectivity index (χ1n) is 6.42. The van der Waals surface area contributed by atoms with Gasteiger partial charge in [0, 0.05) is 6.54 Å². The van der Waals surface area contributed by atoms with Gasteiger partial charge < -0.3 is 0 Å². The topological polar surface area (TPSA) is 46.2 Å². The van der Waals surface area contributed by atoms with Gasteiger partial charge in [0.2, 0.25) is 10.0 Å². The minimum absolute atomic E-state index is 0.231. The van der Waals surface area contributed by atoms with Gasteiger partial charge in [-0.1, -0.05) is 35.1 Å². The van der Waals surface area contributed by atoms with Crippen LogP contribution in [0.25, 0.3) is 0 Å². The van der Waals surface area contributed by atoms with E-state index < -0.39 is 21.8 Å². The molecular weight excluding hydrogens is 418 g/mol. The fourth-order valence-electron chi connectivity index (χ4n) is 1.89. The molecule has 1 rings (SSSR count). The van der Waals surface area contributed by atoms with Crippen LogP contribution in [-0.2, 0) is 16.2 Å². The van der Waals surface area contributed by atoms with Crippen molar-refractivity contribution in [2.75, 3.05) is 11.0 Å². The molecule has 0 saturated heterocycles. The molecule has 0 aromatic heterocycles. The second-order valence-corrected chi connectivity index (χ2v) is 7.39. The number of benzene rings is 1. The van der Waals surface area contributed by atoms with E-state index in [0.29, 0.717) is 6.42 Å². The van der Waals surface area contributed by atoms with Crippen LogP contribution in [0.5, 0.6) is 0 Å². The largest absolute Gasteiger partial charge is 0.416 e. The van der Waals surface area contributed by atoms with Crippen molar-refractivity contribution < 1.29 is 21.6 Å². The summed E-state index contributed by atoms with van der Waals surface area (Å²) in [6.07, 6.45) is -2.02. The molecule has 0 radical (unpaired) electrons.